The van der Waals surface area contributed by atoms with Crippen molar-refractivity contribution in [3.8, 4) is 5.69 Å². The minimum Gasteiger partial charge on any atom is -0.463 e. The third-order valence-corrected chi connectivity index (χ3v) is 9.91. The van der Waals surface area contributed by atoms with Crippen molar-refractivity contribution in [3.05, 3.63) is 138 Å². The van der Waals surface area contributed by atoms with Gasteiger partial charge in [0.15, 0.2) is 4.80 Å². The second-order valence-electron chi connectivity index (χ2n) is 11.3. The molecule has 3 aromatic carbocycles. The first-order chi connectivity index (χ1) is 22.2. The number of carbonyl (C=O) groups is 1. The number of hydrogen-bond donors (Lipinski definition) is 0. The summed E-state index contributed by atoms with van der Waals surface area (Å²) in [6.45, 7) is 6.13. The van der Waals surface area contributed by atoms with Gasteiger partial charge in [0, 0.05) is 47.3 Å². The van der Waals surface area contributed by atoms with E-state index in [0.717, 1.165) is 44.3 Å². The lowest BCUT2D eigenvalue weighted by atomic mass is 9.93. The number of thiazole rings is 1. The van der Waals surface area contributed by atoms with E-state index in [2.05, 4.69) is 53.6 Å². The Morgan fingerprint density at radius 2 is 1.72 bits per heavy atom. The highest BCUT2D eigenvalue weighted by Gasteiger charge is 2.35. The predicted octanol–water partition coefficient (Wildman–Crippen LogP) is 6.13. The molecule has 0 aliphatic carbocycles. The molecule has 46 heavy (non-hydrogen) atoms. The van der Waals surface area contributed by atoms with Gasteiger partial charge in [-0.3, -0.25) is 9.36 Å². The molecule has 0 N–H and O–H groups in total. The first-order valence-corrected chi connectivity index (χ1v) is 17.1. The summed E-state index contributed by atoms with van der Waals surface area (Å²) in [5.41, 5.74) is 7.51. The van der Waals surface area contributed by atoms with E-state index in [4.69, 9.17) is 9.73 Å². The van der Waals surface area contributed by atoms with Crippen LogP contribution >= 0.6 is 23.1 Å². The van der Waals surface area contributed by atoms with Crippen molar-refractivity contribution in [1.82, 2.24) is 9.13 Å². The van der Waals surface area contributed by atoms with Crippen LogP contribution in [-0.4, -0.2) is 42.1 Å². The van der Waals surface area contributed by atoms with E-state index < -0.39 is 12.0 Å². The molecule has 0 fully saturated rings. The molecular formula is C37H36N4O3S2. The highest BCUT2D eigenvalue weighted by Crippen LogP contribution is 2.36. The van der Waals surface area contributed by atoms with Gasteiger partial charge in [0.05, 0.1) is 28.5 Å². The maximum atomic E-state index is 14.4. The Morgan fingerprint density at radius 3 is 2.35 bits per heavy atom. The van der Waals surface area contributed by atoms with Crippen LogP contribution in [-0.2, 0) is 9.53 Å². The Kier molecular flexibility index (Phi) is 8.88. The number of aryl methyl sites for hydroxylation is 1. The highest BCUT2D eigenvalue weighted by atomic mass is 32.2. The van der Waals surface area contributed by atoms with E-state index in [9.17, 15) is 9.59 Å². The summed E-state index contributed by atoms with van der Waals surface area (Å²) in [4.78, 5) is 36.8. The number of benzene rings is 3. The molecule has 7 nitrogen and oxygen atoms in total. The summed E-state index contributed by atoms with van der Waals surface area (Å²) in [6.07, 6.45) is 3.96. The first-order valence-electron chi connectivity index (χ1n) is 15.1. The topological polar surface area (TPSA) is 68.8 Å². The molecule has 3 heterocycles. The zero-order valence-corrected chi connectivity index (χ0v) is 28.4. The third-order valence-electron chi connectivity index (χ3n) is 8.19. The van der Waals surface area contributed by atoms with Crippen molar-refractivity contribution in [1.29, 1.82) is 0 Å². The van der Waals surface area contributed by atoms with Crippen LogP contribution < -0.4 is 19.8 Å². The number of anilines is 1. The van der Waals surface area contributed by atoms with Crippen LogP contribution in [0.3, 0.4) is 0 Å². The number of carbonyl (C=O) groups excluding carboxylic acids is 1. The van der Waals surface area contributed by atoms with E-state index in [1.807, 2.05) is 81.0 Å². The Bertz CT molecular complexity index is 2120. The molecule has 0 spiro atoms. The number of fused-ring (bicyclic) bond motifs is 1. The molecule has 5 aromatic rings. The number of aromatic nitrogens is 2. The van der Waals surface area contributed by atoms with Crippen molar-refractivity contribution < 1.29 is 9.53 Å². The lowest BCUT2D eigenvalue weighted by Gasteiger charge is -2.26. The fourth-order valence-electron chi connectivity index (χ4n) is 5.91. The molecule has 0 saturated carbocycles. The fraction of sp³-hybridized carbons (Fsp3) is 0.216. The smallest absolute Gasteiger partial charge is 0.338 e. The second-order valence-corrected chi connectivity index (χ2v) is 13.2. The Labute approximate surface area is 276 Å². The van der Waals surface area contributed by atoms with Crippen molar-refractivity contribution >= 4 is 46.5 Å². The van der Waals surface area contributed by atoms with Gasteiger partial charge in [0.2, 0.25) is 0 Å². The van der Waals surface area contributed by atoms with Gasteiger partial charge >= 0.3 is 5.97 Å². The Balaban J connectivity index is 1.56. The van der Waals surface area contributed by atoms with Gasteiger partial charge in [0.25, 0.3) is 5.56 Å². The summed E-state index contributed by atoms with van der Waals surface area (Å²) >= 11 is 2.97. The number of ether oxygens (including phenoxy) is 1. The van der Waals surface area contributed by atoms with Gasteiger partial charge < -0.3 is 14.2 Å². The molecular weight excluding hydrogens is 613 g/mol. The Hall–Kier alpha value is -4.60. The van der Waals surface area contributed by atoms with Crippen LogP contribution in [0.2, 0.25) is 0 Å². The largest absolute Gasteiger partial charge is 0.463 e. The average Bonchev–Trinajstić information content (AvgIpc) is 3.53. The Morgan fingerprint density at radius 1 is 1.02 bits per heavy atom. The summed E-state index contributed by atoms with van der Waals surface area (Å²) in [5.74, 6) is -0.484. The second kappa shape index (κ2) is 13.0. The summed E-state index contributed by atoms with van der Waals surface area (Å²) in [6, 6.07) is 27.4. The SMILES string of the molecule is CCOC(=O)C1=C(c2ccccc2)N=c2s/c(=C/c3cc(C)n(-c4ccc(N(C)C)cc4)c3C)c(=O)n2[C@H]1c1ccc(SC)cc1. The monoisotopic (exact) mass is 648 g/mol. The van der Waals surface area contributed by atoms with Crippen molar-refractivity contribution in [2.45, 2.75) is 31.7 Å². The molecule has 234 valence electrons. The zero-order valence-electron chi connectivity index (χ0n) is 26.8. The van der Waals surface area contributed by atoms with Gasteiger partial charge in [-0.1, -0.05) is 53.8 Å². The van der Waals surface area contributed by atoms with E-state index in [1.54, 1.807) is 23.3 Å². The molecule has 1 aliphatic heterocycles. The molecule has 9 heteroatoms. The predicted molar refractivity (Wildman–Crippen MR) is 189 cm³/mol. The molecule has 1 aliphatic rings. The van der Waals surface area contributed by atoms with Crippen LogP contribution in [0.25, 0.3) is 17.5 Å². The van der Waals surface area contributed by atoms with E-state index >= 15 is 0 Å². The standard InChI is InChI=1S/C37H36N4O3S2/c1-7-44-36(43)32-33(25-11-9-8-10-12-25)38-37-41(34(32)26-13-19-30(45-6)20-14-26)35(42)31(46-37)22-27-21-23(2)40(24(27)3)29-17-15-28(16-18-29)39(4)5/h8-22,34H,7H2,1-6H3/b31-22+/t34-/m0/s1. The molecule has 0 unspecified atom stereocenters. The third kappa shape index (κ3) is 5.76. The summed E-state index contributed by atoms with van der Waals surface area (Å²) in [7, 11) is 4.05. The van der Waals surface area contributed by atoms with Crippen molar-refractivity contribution in [2.75, 3.05) is 31.9 Å². The lowest BCUT2D eigenvalue weighted by molar-refractivity contribution is -0.138. The molecule has 1 atom stereocenters. The first kappa shape index (κ1) is 31.4. The zero-order chi connectivity index (χ0) is 32.5. The fourth-order valence-corrected chi connectivity index (χ4v) is 7.31. The van der Waals surface area contributed by atoms with E-state index in [0.29, 0.717) is 20.6 Å². The number of thioether (sulfide) groups is 1. The molecule has 0 radical (unpaired) electrons. The summed E-state index contributed by atoms with van der Waals surface area (Å²) < 4.78 is 10.00. The lowest BCUT2D eigenvalue weighted by Crippen LogP contribution is -2.40. The van der Waals surface area contributed by atoms with Gasteiger partial charge in [-0.25, -0.2) is 9.79 Å². The maximum absolute atomic E-state index is 14.4. The normalized spacial score (nSPS) is 14.7. The van der Waals surface area contributed by atoms with Crippen LogP contribution in [0.4, 0.5) is 5.69 Å². The maximum Gasteiger partial charge on any atom is 0.338 e. The van der Waals surface area contributed by atoms with Crippen molar-refractivity contribution in [3.63, 3.8) is 0 Å². The summed E-state index contributed by atoms with van der Waals surface area (Å²) in [5, 5.41) is 0. The number of rotatable bonds is 8. The van der Waals surface area contributed by atoms with Gasteiger partial charge in [-0.15, -0.1) is 11.8 Å². The molecule has 2 aromatic heterocycles. The van der Waals surface area contributed by atoms with Gasteiger partial charge in [0.1, 0.15) is 0 Å². The van der Waals surface area contributed by atoms with Crippen LogP contribution in [0.1, 0.15) is 41.0 Å². The molecule has 0 bridgehead atoms. The van der Waals surface area contributed by atoms with Gasteiger partial charge in [-0.2, -0.15) is 0 Å². The van der Waals surface area contributed by atoms with Crippen LogP contribution in [0.15, 0.2) is 105 Å². The average molecular weight is 649 g/mol. The van der Waals surface area contributed by atoms with Crippen molar-refractivity contribution in [2.24, 2.45) is 4.99 Å². The minimum atomic E-state index is -0.703. The number of nitrogens with zero attached hydrogens (tertiary/aromatic N) is 4. The van der Waals surface area contributed by atoms with E-state index in [1.165, 1.54) is 11.3 Å². The van der Waals surface area contributed by atoms with E-state index in [-0.39, 0.29) is 12.2 Å². The number of esters is 1. The molecule has 0 saturated heterocycles. The molecule has 0 amide bonds. The van der Waals surface area contributed by atoms with Gasteiger partial charge in [-0.05, 0) is 86.7 Å². The number of hydrogen-bond acceptors (Lipinski definition) is 7. The highest BCUT2D eigenvalue weighted by molar-refractivity contribution is 7.98. The minimum absolute atomic E-state index is 0.197. The van der Waals surface area contributed by atoms with Crippen LogP contribution in [0, 0.1) is 13.8 Å². The molecule has 6 rings (SSSR count). The quantitative estimate of drug-likeness (QED) is 0.150. The van der Waals surface area contributed by atoms with Crippen LogP contribution in [0.5, 0.6) is 0 Å².